The summed E-state index contributed by atoms with van der Waals surface area (Å²) in [6.07, 6.45) is 1.08. The Balaban J connectivity index is 1.53. The first-order valence-electron chi connectivity index (χ1n) is 16.8. The number of rotatable bonds is 14. The SMILES string of the molecule is COc1ccc(Cc2cc([C@]3(O)O[C@H](COCOCC[Si](C)(C)C)[C@@H](OC(=S)n4ccnc4)[C@@H]4OC(C)(OC)C(C)(OC)O[C@H]43)ccc2Cl)cc1. The van der Waals surface area contributed by atoms with Gasteiger partial charge in [0.25, 0.3) is 5.17 Å². The molecule has 1 N–H and O–H groups in total. The van der Waals surface area contributed by atoms with Gasteiger partial charge in [0.1, 0.15) is 37.2 Å². The highest BCUT2D eigenvalue weighted by molar-refractivity contribution is 7.80. The Morgan fingerprint density at radius 1 is 1.00 bits per heavy atom. The van der Waals surface area contributed by atoms with Crippen LogP contribution in [-0.4, -0.2) is 105 Å². The normalized spacial score (nSPS) is 29.4. The molecule has 2 aromatic carbocycles. The summed E-state index contributed by atoms with van der Waals surface area (Å²) < 4.78 is 56.9. The Kier molecular flexibility index (Phi) is 12.7. The number of halogens is 1. The number of methoxy groups -OCH3 is 3. The minimum Gasteiger partial charge on any atom is -0.497 e. The summed E-state index contributed by atoms with van der Waals surface area (Å²) in [5.41, 5.74) is 2.12. The molecule has 2 aliphatic heterocycles. The van der Waals surface area contributed by atoms with Gasteiger partial charge in [-0.1, -0.05) is 49.4 Å². The van der Waals surface area contributed by atoms with Crippen LogP contribution < -0.4 is 4.74 Å². The van der Waals surface area contributed by atoms with E-state index in [2.05, 4.69) is 24.6 Å². The minimum absolute atomic E-state index is 0.0113. The number of imidazole rings is 1. The second-order valence-corrected chi connectivity index (χ2v) is 20.5. The number of nitrogens with zero attached hydrogens (tertiary/aromatic N) is 2. The van der Waals surface area contributed by atoms with Gasteiger partial charge >= 0.3 is 0 Å². The van der Waals surface area contributed by atoms with E-state index in [1.54, 1.807) is 56.1 Å². The van der Waals surface area contributed by atoms with Crippen LogP contribution in [0.1, 0.15) is 30.5 Å². The van der Waals surface area contributed by atoms with Crippen molar-refractivity contribution in [3.05, 3.63) is 82.9 Å². The third-order valence-corrected chi connectivity index (χ3v) is 11.8. The number of benzene rings is 2. The van der Waals surface area contributed by atoms with Crippen molar-refractivity contribution < 1.29 is 47.7 Å². The number of ether oxygens (including phenoxy) is 9. The molecular formula is C36H49ClN2O10SSi. The van der Waals surface area contributed by atoms with Crippen LogP contribution in [0, 0.1) is 0 Å². The summed E-state index contributed by atoms with van der Waals surface area (Å²) in [5, 5.41) is 13.4. The Hall–Kier alpha value is -2.47. The van der Waals surface area contributed by atoms with Gasteiger partial charge in [-0.15, -0.1) is 0 Å². The smallest absolute Gasteiger partial charge is 0.269 e. The van der Waals surface area contributed by atoms with Crippen LogP contribution in [0.5, 0.6) is 5.75 Å². The van der Waals surface area contributed by atoms with Gasteiger partial charge in [0, 0.05) is 51.9 Å². The number of thiocarbonyl (C=S) groups is 1. The maximum absolute atomic E-state index is 12.8. The van der Waals surface area contributed by atoms with Crippen LogP contribution >= 0.6 is 23.8 Å². The van der Waals surface area contributed by atoms with Crippen molar-refractivity contribution in [1.82, 2.24) is 9.55 Å². The van der Waals surface area contributed by atoms with E-state index in [9.17, 15) is 5.11 Å². The van der Waals surface area contributed by atoms with E-state index in [0.29, 0.717) is 23.6 Å². The van der Waals surface area contributed by atoms with E-state index in [1.807, 2.05) is 24.3 Å². The molecule has 1 aromatic heterocycles. The highest BCUT2D eigenvalue weighted by Crippen LogP contribution is 2.50. The summed E-state index contributed by atoms with van der Waals surface area (Å²) >= 11 is 12.4. The van der Waals surface area contributed by atoms with Gasteiger partial charge in [-0.2, -0.15) is 0 Å². The standard InChI is InChI=1S/C36H49ClN2O10SSi/c1-34(42-4)35(2,43-5)49-32-31(48-34)30(46-33(50)39-16-15-38-22-39)29(21-45-23-44-17-18-51(6,7)8)47-36(32,40)26-11-14-28(37)25(20-26)19-24-9-12-27(41-3)13-10-24/h9-16,20,22,29-32,40H,17-19,21,23H2,1-8H3/t29-,30-,31+,32-,34?,35?,36+/m1/s1. The molecule has 2 aliphatic rings. The number of hydrogen-bond acceptors (Lipinski definition) is 12. The number of fused-ring (bicyclic) bond motifs is 1. The molecule has 280 valence electrons. The first-order chi connectivity index (χ1) is 24.1. The lowest BCUT2D eigenvalue weighted by Gasteiger charge is -2.59. The molecule has 12 nitrogen and oxygen atoms in total. The second-order valence-electron chi connectivity index (χ2n) is 14.1. The molecule has 5 rings (SSSR count). The van der Waals surface area contributed by atoms with Crippen LogP contribution in [0.2, 0.25) is 30.7 Å². The van der Waals surface area contributed by atoms with Crippen molar-refractivity contribution in [2.75, 3.05) is 41.3 Å². The molecule has 3 heterocycles. The van der Waals surface area contributed by atoms with Crippen molar-refractivity contribution in [2.24, 2.45) is 0 Å². The fourth-order valence-electron chi connectivity index (χ4n) is 6.04. The van der Waals surface area contributed by atoms with E-state index in [1.165, 1.54) is 20.5 Å². The van der Waals surface area contributed by atoms with Gasteiger partial charge in [0.2, 0.25) is 17.4 Å². The predicted molar refractivity (Wildman–Crippen MR) is 197 cm³/mol. The van der Waals surface area contributed by atoms with Crippen LogP contribution in [0.3, 0.4) is 0 Å². The van der Waals surface area contributed by atoms with Crippen LogP contribution in [0.15, 0.2) is 61.2 Å². The van der Waals surface area contributed by atoms with Crippen molar-refractivity contribution in [2.45, 2.75) is 87.7 Å². The monoisotopic (exact) mass is 764 g/mol. The number of hydrogen-bond donors (Lipinski definition) is 1. The maximum Gasteiger partial charge on any atom is 0.269 e. The molecule has 3 aromatic rings. The average molecular weight is 765 g/mol. The van der Waals surface area contributed by atoms with E-state index >= 15 is 0 Å². The van der Waals surface area contributed by atoms with Crippen LogP contribution in [-0.2, 0) is 50.1 Å². The van der Waals surface area contributed by atoms with E-state index < -0.39 is 49.9 Å². The zero-order valence-electron chi connectivity index (χ0n) is 30.4. The summed E-state index contributed by atoms with van der Waals surface area (Å²) in [6.45, 7) is 10.7. The van der Waals surface area contributed by atoms with E-state index in [0.717, 1.165) is 22.9 Å². The van der Waals surface area contributed by atoms with Gasteiger partial charge in [-0.25, -0.2) is 4.98 Å². The molecule has 0 amide bonds. The molecule has 15 heteroatoms. The Morgan fingerprint density at radius 2 is 1.71 bits per heavy atom. The largest absolute Gasteiger partial charge is 0.497 e. The van der Waals surface area contributed by atoms with Gasteiger partial charge in [0.05, 0.1) is 13.7 Å². The Bertz CT molecular complexity index is 1610. The van der Waals surface area contributed by atoms with E-state index in [-0.39, 0.29) is 18.6 Å². The van der Waals surface area contributed by atoms with Crippen LogP contribution in [0.4, 0.5) is 0 Å². The maximum atomic E-state index is 12.8. The number of aromatic nitrogens is 2. The van der Waals surface area contributed by atoms with Crippen molar-refractivity contribution in [3.63, 3.8) is 0 Å². The fourth-order valence-corrected chi connectivity index (χ4v) is 7.20. The van der Waals surface area contributed by atoms with Crippen molar-refractivity contribution in [1.29, 1.82) is 0 Å². The molecule has 2 saturated heterocycles. The van der Waals surface area contributed by atoms with Gasteiger partial charge in [0.15, 0.2) is 6.10 Å². The summed E-state index contributed by atoms with van der Waals surface area (Å²) in [4.78, 5) is 4.09. The second kappa shape index (κ2) is 16.3. The minimum atomic E-state index is -2.12. The zero-order valence-corrected chi connectivity index (χ0v) is 33.0. The number of aliphatic hydroxyl groups is 1. The Labute approximate surface area is 311 Å². The molecule has 2 unspecified atom stereocenters. The highest BCUT2D eigenvalue weighted by atomic mass is 35.5. The molecular weight excluding hydrogens is 716 g/mol. The molecule has 0 spiro atoms. The third-order valence-electron chi connectivity index (χ3n) is 9.43. The molecule has 0 bridgehead atoms. The molecule has 2 fully saturated rings. The highest BCUT2D eigenvalue weighted by Gasteiger charge is 2.67. The average Bonchev–Trinajstić information content (AvgIpc) is 3.65. The quantitative estimate of drug-likeness (QED) is 0.0934. The van der Waals surface area contributed by atoms with Gasteiger partial charge in [-0.3, -0.25) is 4.57 Å². The van der Waals surface area contributed by atoms with Crippen molar-refractivity contribution in [3.8, 4) is 5.75 Å². The molecule has 0 radical (unpaired) electrons. The molecule has 7 atom stereocenters. The van der Waals surface area contributed by atoms with Gasteiger partial charge < -0.3 is 47.7 Å². The first-order valence-corrected chi connectivity index (χ1v) is 21.3. The molecule has 0 saturated carbocycles. The lowest BCUT2D eigenvalue weighted by molar-refractivity contribution is -0.501. The predicted octanol–water partition coefficient (Wildman–Crippen LogP) is 5.74. The van der Waals surface area contributed by atoms with E-state index in [4.69, 9.17) is 66.5 Å². The third kappa shape index (κ3) is 8.85. The topological polar surface area (TPSA) is 121 Å². The lowest BCUT2D eigenvalue weighted by Crippen LogP contribution is -2.75. The fraction of sp³-hybridized carbons (Fsp3) is 0.556. The van der Waals surface area contributed by atoms with Gasteiger partial charge in [-0.05, 0) is 73.9 Å². The lowest BCUT2D eigenvalue weighted by atomic mass is 9.84. The van der Waals surface area contributed by atoms with Crippen LogP contribution in [0.25, 0.3) is 0 Å². The zero-order chi connectivity index (χ0) is 37.0. The summed E-state index contributed by atoms with van der Waals surface area (Å²) in [5.74, 6) is -4.33. The Morgan fingerprint density at radius 3 is 2.33 bits per heavy atom. The molecule has 0 aliphatic carbocycles. The molecule has 51 heavy (non-hydrogen) atoms. The first kappa shape index (κ1) is 39.7. The summed E-state index contributed by atoms with van der Waals surface area (Å²) in [6, 6.07) is 13.9. The van der Waals surface area contributed by atoms with Crippen molar-refractivity contribution >= 4 is 37.1 Å². The summed E-state index contributed by atoms with van der Waals surface area (Å²) in [7, 11) is 3.28.